The number of anilines is 1. The third kappa shape index (κ3) is 2.76. The summed E-state index contributed by atoms with van der Waals surface area (Å²) < 4.78 is 4.75. The van der Waals surface area contributed by atoms with Crippen molar-refractivity contribution in [2.45, 2.75) is 6.92 Å². The molecule has 2 aromatic carbocycles. The molecule has 0 aliphatic carbocycles. The zero-order valence-electron chi connectivity index (χ0n) is 11.4. The van der Waals surface area contributed by atoms with Gasteiger partial charge in [0, 0.05) is 12.7 Å². The molecule has 98 valence electrons. The van der Waals surface area contributed by atoms with Crippen LogP contribution in [0.5, 0.6) is 0 Å². The van der Waals surface area contributed by atoms with E-state index in [0.717, 1.165) is 22.4 Å². The summed E-state index contributed by atoms with van der Waals surface area (Å²) in [5.74, 6) is -0.312. The second-order valence-electron chi connectivity index (χ2n) is 4.35. The number of esters is 1. The summed E-state index contributed by atoms with van der Waals surface area (Å²) >= 11 is 0. The van der Waals surface area contributed by atoms with Gasteiger partial charge < -0.3 is 10.1 Å². The van der Waals surface area contributed by atoms with Crippen LogP contribution in [-0.2, 0) is 4.74 Å². The van der Waals surface area contributed by atoms with E-state index in [0.29, 0.717) is 5.56 Å². The lowest BCUT2D eigenvalue weighted by atomic mass is 9.98. The van der Waals surface area contributed by atoms with Crippen molar-refractivity contribution in [2.24, 2.45) is 0 Å². The van der Waals surface area contributed by atoms with E-state index in [1.807, 2.05) is 50.4 Å². The Labute approximate surface area is 113 Å². The maximum atomic E-state index is 11.6. The maximum Gasteiger partial charge on any atom is 0.337 e. The quantitative estimate of drug-likeness (QED) is 0.853. The fourth-order valence-corrected chi connectivity index (χ4v) is 1.99. The molecular formula is C16H17NO2. The largest absolute Gasteiger partial charge is 0.465 e. The van der Waals surface area contributed by atoms with Crippen molar-refractivity contribution in [1.82, 2.24) is 0 Å². The second-order valence-corrected chi connectivity index (χ2v) is 4.35. The minimum Gasteiger partial charge on any atom is -0.465 e. The van der Waals surface area contributed by atoms with E-state index in [2.05, 4.69) is 5.32 Å². The predicted octanol–water partition coefficient (Wildman–Crippen LogP) is 3.49. The van der Waals surface area contributed by atoms with Crippen LogP contribution in [0.2, 0.25) is 0 Å². The first-order valence-corrected chi connectivity index (χ1v) is 6.13. The molecule has 0 aromatic heterocycles. The fraction of sp³-hybridized carbons (Fsp3) is 0.188. The molecule has 1 N–H and O–H groups in total. The summed E-state index contributed by atoms with van der Waals surface area (Å²) in [6.07, 6.45) is 0. The monoisotopic (exact) mass is 255 g/mol. The minimum absolute atomic E-state index is 0.312. The van der Waals surface area contributed by atoms with E-state index in [9.17, 15) is 4.79 Å². The Morgan fingerprint density at radius 1 is 1.11 bits per heavy atom. The molecule has 0 unspecified atom stereocenters. The smallest absolute Gasteiger partial charge is 0.337 e. The van der Waals surface area contributed by atoms with Gasteiger partial charge in [-0.3, -0.25) is 0 Å². The average Bonchev–Trinajstić information content (AvgIpc) is 2.47. The van der Waals surface area contributed by atoms with Crippen molar-refractivity contribution < 1.29 is 9.53 Å². The van der Waals surface area contributed by atoms with Crippen LogP contribution in [0.25, 0.3) is 11.1 Å². The van der Waals surface area contributed by atoms with E-state index in [4.69, 9.17) is 4.74 Å². The number of hydrogen-bond donors (Lipinski definition) is 1. The van der Waals surface area contributed by atoms with Crippen molar-refractivity contribution >= 4 is 11.7 Å². The predicted molar refractivity (Wildman–Crippen MR) is 77.5 cm³/mol. The van der Waals surface area contributed by atoms with E-state index in [1.54, 1.807) is 6.07 Å². The van der Waals surface area contributed by atoms with Gasteiger partial charge in [-0.2, -0.15) is 0 Å². The normalized spacial score (nSPS) is 10.1. The molecule has 0 fully saturated rings. The Balaban J connectivity index is 2.44. The van der Waals surface area contributed by atoms with Crippen molar-refractivity contribution in [3.63, 3.8) is 0 Å². The number of methoxy groups -OCH3 is 1. The van der Waals surface area contributed by atoms with Crippen LogP contribution >= 0.6 is 0 Å². The van der Waals surface area contributed by atoms with Crippen LogP contribution in [0.3, 0.4) is 0 Å². The molecule has 0 spiro atoms. The molecule has 0 aliphatic rings. The van der Waals surface area contributed by atoms with E-state index in [-0.39, 0.29) is 5.97 Å². The number of rotatable bonds is 3. The number of carbonyl (C=O) groups is 1. The van der Waals surface area contributed by atoms with Gasteiger partial charge in [-0.1, -0.05) is 18.2 Å². The number of ether oxygens (including phenoxy) is 1. The van der Waals surface area contributed by atoms with Crippen LogP contribution in [0.4, 0.5) is 5.69 Å². The molecule has 0 aliphatic heterocycles. The summed E-state index contributed by atoms with van der Waals surface area (Å²) in [6.45, 7) is 2.03. The molecule has 19 heavy (non-hydrogen) atoms. The third-order valence-corrected chi connectivity index (χ3v) is 3.14. The first-order valence-electron chi connectivity index (χ1n) is 6.13. The van der Waals surface area contributed by atoms with Crippen molar-refractivity contribution in [2.75, 3.05) is 19.5 Å². The van der Waals surface area contributed by atoms with Crippen LogP contribution in [-0.4, -0.2) is 20.1 Å². The molecule has 0 bridgehead atoms. The summed E-state index contributed by atoms with van der Waals surface area (Å²) in [4.78, 5) is 11.6. The van der Waals surface area contributed by atoms with Crippen LogP contribution in [0, 0.1) is 6.92 Å². The van der Waals surface area contributed by atoms with Crippen molar-refractivity contribution in [3.8, 4) is 11.1 Å². The van der Waals surface area contributed by atoms with E-state index >= 15 is 0 Å². The zero-order valence-corrected chi connectivity index (χ0v) is 11.4. The number of carbonyl (C=O) groups excluding carboxylic acids is 1. The summed E-state index contributed by atoms with van der Waals surface area (Å²) in [5, 5.41) is 3.08. The molecular weight excluding hydrogens is 238 g/mol. The number of nitrogens with one attached hydrogen (secondary N) is 1. The molecule has 3 heteroatoms. The van der Waals surface area contributed by atoms with Gasteiger partial charge in [0.25, 0.3) is 0 Å². The molecule has 0 heterocycles. The molecule has 2 rings (SSSR count). The summed E-state index contributed by atoms with van der Waals surface area (Å²) in [5.41, 5.74) is 4.89. The molecule has 0 radical (unpaired) electrons. The van der Waals surface area contributed by atoms with Gasteiger partial charge in [0.15, 0.2) is 0 Å². The van der Waals surface area contributed by atoms with Gasteiger partial charge in [-0.05, 0) is 47.9 Å². The Kier molecular flexibility index (Phi) is 3.85. The van der Waals surface area contributed by atoms with Crippen LogP contribution < -0.4 is 5.32 Å². The first kappa shape index (κ1) is 13.1. The highest BCUT2D eigenvalue weighted by Gasteiger charge is 2.09. The molecule has 3 nitrogen and oxygen atoms in total. The van der Waals surface area contributed by atoms with Gasteiger partial charge in [0.2, 0.25) is 0 Å². The second kappa shape index (κ2) is 5.57. The lowest BCUT2D eigenvalue weighted by Crippen LogP contribution is -2.01. The van der Waals surface area contributed by atoms with E-state index in [1.165, 1.54) is 7.11 Å². The molecule has 0 amide bonds. The van der Waals surface area contributed by atoms with Gasteiger partial charge in [0.05, 0.1) is 12.7 Å². The highest BCUT2D eigenvalue weighted by atomic mass is 16.5. The molecule has 0 saturated carbocycles. The average molecular weight is 255 g/mol. The number of hydrogen-bond acceptors (Lipinski definition) is 3. The molecule has 2 aromatic rings. The Hall–Kier alpha value is -2.29. The highest BCUT2D eigenvalue weighted by Crippen LogP contribution is 2.26. The Bertz CT molecular complexity index is 588. The first-order chi connectivity index (χ1) is 9.15. The molecule has 0 atom stereocenters. The summed E-state index contributed by atoms with van der Waals surface area (Å²) in [7, 11) is 3.28. The van der Waals surface area contributed by atoms with Crippen molar-refractivity contribution in [1.29, 1.82) is 0 Å². The molecule has 0 saturated heterocycles. The van der Waals surface area contributed by atoms with Crippen LogP contribution in [0.1, 0.15) is 15.9 Å². The third-order valence-electron chi connectivity index (χ3n) is 3.14. The van der Waals surface area contributed by atoms with Gasteiger partial charge in [0.1, 0.15) is 0 Å². The number of benzene rings is 2. The minimum atomic E-state index is -0.312. The zero-order chi connectivity index (χ0) is 13.8. The lowest BCUT2D eigenvalue weighted by Gasteiger charge is -2.09. The van der Waals surface area contributed by atoms with Gasteiger partial charge in [-0.25, -0.2) is 4.79 Å². The Morgan fingerprint density at radius 3 is 2.37 bits per heavy atom. The lowest BCUT2D eigenvalue weighted by molar-refractivity contribution is 0.0601. The van der Waals surface area contributed by atoms with Gasteiger partial charge in [-0.15, -0.1) is 0 Å². The standard InChI is InChI=1S/C16H17NO2/c1-11-4-5-13(16(18)19-3)10-15(11)12-6-8-14(17-2)9-7-12/h4-10,17H,1-3H3. The summed E-state index contributed by atoms with van der Waals surface area (Å²) in [6, 6.07) is 13.7. The van der Waals surface area contributed by atoms with Gasteiger partial charge >= 0.3 is 5.97 Å². The number of aryl methyl sites for hydroxylation is 1. The van der Waals surface area contributed by atoms with Crippen molar-refractivity contribution in [3.05, 3.63) is 53.6 Å². The Morgan fingerprint density at radius 2 is 1.79 bits per heavy atom. The maximum absolute atomic E-state index is 11.6. The SMILES string of the molecule is CNc1ccc(-c2cc(C(=O)OC)ccc2C)cc1. The highest BCUT2D eigenvalue weighted by molar-refractivity contribution is 5.91. The van der Waals surface area contributed by atoms with Crippen LogP contribution in [0.15, 0.2) is 42.5 Å². The van der Waals surface area contributed by atoms with E-state index < -0.39 is 0 Å². The fourth-order valence-electron chi connectivity index (χ4n) is 1.99. The topological polar surface area (TPSA) is 38.3 Å².